The highest BCUT2D eigenvalue weighted by molar-refractivity contribution is 7.89. The van der Waals surface area contributed by atoms with Crippen LogP contribution in [0.4, 0.5) is 8.78 Å². The van der Waals surface area contributed by atoms with Crippen molar-refractivity contribution in [2.24, 2.45) is 29.4 Å². The predicted molar refractivity (Wildman–Crippen MR) is 171 cm³/mol. The molecular weight excluding hydrogens is 610 g/mol. The van der Waals surface area contributed by atoms with Gasteiger partial charge in [0.25, 0.3) is 5.92 Å². The lowest BCUT2D eigenvalue weighted by Gasteiger charge is -2.36. The molecule has 0 radical (unpaired) electrons. The molecule has 0 amide bonds. The number of ether oxygens (including phenoxy) is 2. The number of halogens is 2. The Kier molecular flexibility index (Phi) is 9.77. The zero-order valence-electron chi connectivity index (χ0n) is 25.8. The number of carbonyl (C=O) groups excluding carboxylic acids is 1. The number of para-hydroxylation sites is 1. The van der Waals surface area contributed by atoms with E-state index in [0.717, 1.165) is 18.9 Å². The van der Waals surface area contributed by atoms with Crippen LogP contribution < -0.4 is 19.9 Å². The zero-order chi connectivity index (χ0) is 32.3. The Morgan fingerprint density at radius 3 is 2.17 bits per heavy atom. The Labute approximate surface area is 269 Å². The van der Waals surface area contributed by atoms with Gasteiger partial charge in [-0.1, -0.05) is 49.6 Å². The highest BCUT2D eigenvalue weighted by atomic mass is 32.2. The van der Waals surface area contributed by atoms with Crippen LogP contribution in [-0.4, -0.2) is 32.9 Å². The summed E-state index contributed by atoms with van der Waals surface area (Å²) in [5.74, 6) is -4.12. The number of carbonyl (C=O) groups is 1. The molecule has 3 fully saturated rings. The van der Waals surface area contributed by atoms with Gasteiger partial charge in [0.05, 0.1) is 11.5 Å². The van der Waals surface area contributed by atoms with Gasteiger partial charge in [-0.2, -0.15) is 13.5 Å². The number of alkyl halides is 2. The fraction of sp³-hybridized carbons (Fsp3) is 0.472. The van der Waals surface area contributed by atoms with Crippen LogP contribution in [0.3, 0.4) is 0 Å². The SMILES string of the molecule is NC1CC2CCC(C1)C2C(=O)[C@@H](NS(=O)(=O)c1ccc(OCC2CCCCC2)cc1)C(F)(F)c1cccc(Oc2ccccc2)c1. The minimum Gasteiger partial charge on any atom is -0.493 e. The Morgan fingerprint density at radius 2 is 1.50 bits per heavy atom. The maximum atomic E-state index is 16.6. The molecule has 3 aromatic rings. The van der Waals surface area contributed by atoms with Crippen LogP contribution in [0.25, 0.3) is 0 Å². The number of benzene rings is 3. The van der Waals surface area contributed by atoms with Gasteiger partial charge in [0.1, 0.15) is 23.3 Å². The molecule has 3 aliphatic rings. The van der Waals surface area contributed by atoms with Crippen molar-refractivity contribution in [3.63, 3.8) is 0 Å². The van der Waals surface area contributed by atoms with Crippen molar-refractivity contribution in [2.45, 2.75) is 80.7 Å². The number of rotatable bonds is 12. The minimum atomic E-state index is -4.53. The van der Waals surface area contributed by atoms with E-state index in [1.807, 2.05) is 6.07 Å². The number of hydrogen-bond donors (Lipinski definition) is 2. The second kappa shape index (κ2) is 13.8. The standard InChI is InChI=1S/C36H42F2N2O5S/c37-36(38,27-10-7-13-31(22-27)45-30-11-5-2-6-12-30)35(34(41)33-25-14-15-26(33)21-28(39)20-25)40-46(42,43)32-18-16-29(17-19-32)44-23-24-8-3-1-4-9-24/h2,5-7,10-13,16-19,22,24-26,28,33,35,40H,1,3-4,8-9,14-15,20-21,23,39H2/t25?,26?,28?,33?,35-/m1/s1. The lowest BCUT2D eigenvalue weighted by Crippen LogP contribution is -2.55. The molecule has 0 aromatic heterocycles. The van der Waals surface area contributed by atoms with Gasteiger partial charge in [-0.25, -0.2) is 8.42 Å². The lowest BCUT2D eigenvalue weighted by atomic mass is 9.72. The van der Waals surface area contributed by atoms with Crippen molar-refractivity contribution >= 4 is 15.8 Å². The van der Waals surface area contributed by atoms with Crippen LogP contribution in [0, 0.1) is 23.7 Å². The monoisotopic (exact) mass is 652 g/mol. The van der Waals surface area contributed by atoms with Crippen molar-refractivity contribution in [1.29, 1.82) is 0 Å². The van der Waals surface area contributed by atoms with E-state index in [9.17, 15) is 13.2 Å². The van der Waals surface area contributed by atoms with E-state index in [1.165, 1.54) is 61.7 Å². The first-order valence-electron chi connectivity index (χ1n) is 16.4. The summed E-state index contributed by atoms with van der Waals surface area (Å²) in [6.07, 6.45) is 8.35. The number of fused-ring (bicyclic) bond motifs is 2. The van der Waals surface area contributed by atoms with Gasteiger partial charge < -0.3 is 15.2 Å². The first-order valence-corrected chi connectivity index (χ1v) is 17.8. The highest BCUT2D eigenvalue weighted by Crippen LogP contribution is 2.49. The molecule has 0 heterocycles. The molecule has 2 bridgehead atoms. The molecule has 2 unspecified atom stereocenters. The minimum absolute atomic E-state index is 0.0946. The maximum Gasteiger partial charge on any atom is 0.296 e. The van der Waals surface area contributed by atoms with Gasteiger partial charge in [-0.15, -0.1) is 0 Å². The van der Waals surface area contributed by atoms with E-state index in [-0.39, 0.29) is 28.5 Å². The van der Waals surface area contributed by atoms with E-state index in [4.69, 9.17) is 15.2 Å². The largest absolute Gasteiger partial charge is 0.493 e. The third kappa shape index (κ3) is 7.29. The van der Waals surface area contributed by atoms with Crippen LogP contribution in [-0.2, 0) is 20.7 Å². The van der Waals surface area contributed by atoms with Gasteiger partial charge in [0, 0.05) is 17.5 Å². The first kappa shape index (κ1) is 32.6. The maximum absolute atomic E-state index is 16.6. The van der Waals surface area contributed by atoms with Crippen LogP contribution in [0.2, 0.25) is 0 Å². The van der Waals surface area contributed by atoms with E-state index >= 15 is 8.78 Å². The molecule has 3 saturated carbocycles. The molecule has 3 N–H and O–H groups in total. The quantitative estimate of drug-likeness (QED) is 0.214. The van der Waals surface area contributed by atoms with Crippen molar-refractivity contribution in [1.82, 2.24) is 4.72 Å². The highest BCUT2D eigenvalue weighted by Gasteiger charge is 2.55. The summed E-state index contributed by atoms with van der Waals surface area (Å²) in [6, 6.07) is 17.3. The topological polar surface area (TPSA) is 108 Å². The van der Waals surface area contributed by atoms with Crippen molar-refractivity contribution in [2.75, 3.05) is 6.61 Å². The van der Waals surface area contributed by atoms with E-state index < -0.39 is 39.3 Å². The number of nitrogens with two attached hydrogens (primary N) is 1. The Balaban J connectivity index is 1.26. The van der Waals surface area contributed by atoms with E-state index in [0.29, 0.717) is 49.7 Å². The number of nitrogens with one attached hydrogen (secondary N) is 1. The summed E-state index contributed by atoms with van der Waals surface area (Å²) in [5.41, 5.74) is 5.69. The van der Waals surface area contributed by atoms with Crippen LogP contribution in [0.15, 0.2) is 83.8 Å². The number of Topliss-reactive ketones (excluding diaryl/α,β-unsaturated/α-hetero) is 1. The Bertz CT molecular complexity index is 1580. The molecule has 0 aliphatic heterocycles. The fourth-order valence-corrected chi connectivity index (χ4v) is 8.81. The number of sulfonamides is 1. The van der Waals surface area contributed by atoms with Gasteiger partial charge in [-0.3, -0.25) is 4.79 Å². The van der Waals surface area contributed by atoms with Gasteiger partial charge in [0.2, 0.25) is 10.0 Å². The zero-order valence-corrected chi connectivity index (χ0v) is 26.6. The molecule has 3 aromatic carbocycles. The summed E-state index contributed by atoms with van der Waals surface area (Å²) >= 11 is 0. The van der Waals surface area contributed by atoms with Crippen molar-refractivity contribution in [3.05, 3.63) is 84.4 Å². The third-order valence-electron chi connectivity index (χ3n) is 9.93. The van der Waals surface area contributed by atoms with Crippen LogP contribution >= 0.6 is 0 Å². The average Bonchev–Trinajstić information content (AvgIpc) is 3.34. The summed E-state index contributed by atoms with van der Waals surface area (Å²) in [5, 5.41) is 0. The first-order chi connectivity index (χ1) is 22.1. The molecule has 3 aliphatic carbocycles. The molecule has 46 heavy (non-hydrogen) atoms. The smallest absolute Gasteiger partial charge is 0.296 e. The molecule has 3 atom stereocenters. The molecular formula is C36H42F2N2O5S. The predicted octanol–water partition coefficient (Wildman–Crippen LogP) is 7.21. The Hall–Kier alpha value is -3.34. The molecule has 6 rings (SSSR count). The Morgan fingerprint density at radius 1 is 0.848 bits per heavy atom. The number of ketones is 1. The summed E-state index contributed by atoms with van der Waals surface area (Å²) < 4.78 is 74.5. The summed E-state index contributed by atoms with van der Waals surface area (Å²) in [4.78, 5) is 13.9. The van der Waals surface area contributed by atoms with Crippen molar-refractivity contribution < 1.29 is 31.5 Å². The molecule has 10 heteroatoms. The summed E-state index contributed by atoms with van der Waals surface area (Å²) in [6.45, 7) is 0.549. The van der Waals surface area contributed by atoms with Gasteiger partial charge in [0.15, 0.2) is 5.78 Å². The molecule has 246 valence electrons. The van der Waals surface area contributed by atoms with Crippen molar-refractivity contribution in [3.8, 4) is 17.2 Å². The van der Waals surface area contributed by atoms with E-state index in [2.05, 4.69) is 4.72 Å². The van der Waals surface area contributed by atoms with Crippen LogP contribution in [0.1, 0.15) is 63.4 Å². The normalized spacial score (nSPS) is 24.3. The van der Waals surface area contributed by atoms with Gasteiger partial charge >= 0.3 is 0 Å². The second-order valence-electron chi connectivity index (χ2n) is 13.2. The van der Waals surface area contributed by atoms with E-state index in [1.54, 1.807) is 24.3 Å². The average molecular weight is 653 g/mol. The summed E-state index contributed by atoms with van der Waals surface area (Å²) in [7, 11) is -4.53. The third-order valence-corrected chi connectivity index (χ3v) is 11.4. The molecule has 0 spiro atoms. The fourth-order valence-electron chi connectivity index (χ4n) is 7.61. The number of hydrogen-bond acceptors (Lipinski definition) is 6. The molecule has 7 nitrogen and oxygen atoms in total. The van der Waals surface area contributed by atoms with Gasteiger partial charge in [-0.05, 0) is 105 Å². The lowest BCUT2D eigenvalue weighted by molar-refractivity contribution is -0.139. The van der Waals surface area contributed by atoms with Crippen LogP contribution in [0.5, 0.6) is 17.2 Å². The second-order valence-corrected chi connectivity index (χ2v) is 14.9. The molecule has 0 saturated heterocycles.